The number of anilines is 1. The van der Waals surface area contributed by atoms with Crippen molar-refractivity contribution in [3.8, 4) is 33.2 Å². The monoisotopic (exact) mass is 569 g/mol. The quantitative estimate of drug-likeness (QED) is 0.184. The Kier molecular flexibility index (Phi) is 6.37. The number of nitrogens with one attached hydrogen (secondary N) is 3. The van der Waals surface area contributed by atoms with Crippen LogP contribution in [0, 0.1) is 0 Å². The summed E-state index contributed by atoms with van der Waals surface area (Å²) in [5.41, 5.74) is 7.09. The highest BCUT2D eigenvalue weighted by Gasteiger charge is 2.17. The van der Waals surface area contributed by atoms with E-state index in [4.69, 9.17) is 0 Å². The average Bonchev–Trinajstić information content (AvgIpc) is 3.75. The Morgan fingerprint density at radius 3 is 2.57 bits per heavy atom. The largest absolute Gasteiger partial charge is 0.353 e. The van der Waals surface area contributed by atoms with Crippen LogP contribution in [0.1, 0.15) is 22.2 Å². The van der Waals surface area contributed by atoms with Crippen molar-refractivity contribution in [2.75, 3.05) is 5.32 Å². The molecule has 42 heavy (non-hydrogen) atoms. The summed E-state index contributed by atoms with van der Waals surface area (Å²) in [6, 6.07) is 21.2. The second-order valence-corrected chi connectivity index (χ2v) is 11.0. The van der Waals surface area contributed by atoms with Gasteiger partial charge in [-0.15, -0.1) is 11.3 Å². The summed E-state index contributed by atoms with van der Waals surface area (Å²) in [6.07, 6.45) is 7.12. The topological polar surface area (TPSA) is 129 Å². The van der Waals surface area contributed by atoms with Crippen LogP contribution in [0.3, 0.4) is 0 Å². The molecule has 0 unspecified atom stereocenters. The van der Waals surface area contributed by atoms with E-state index in [-0.39, 0.29) is 18.1 Å². The molecule has 9 nitrogen and oxygen atoms in total. The molecule has 10 heteroatoms. The maximum absolute atomic E-state index is 12.6. The predicted octanol–water partition coefficient (Wildman–Crippen LogP) is 6.68. The van der Waals surface area contributed by atoms with E-state index in [2.05, 4.69) is 35.5 Å². The Morgan fingerprint density at radius 1 is 0.881 bits per heavy atom. The molecule has 204 valence electrons. The van der Waals surface area contributed by atoms with Crippen molar-refractivity contribution in [2.24, 2.45) is 0 Å². The number of thiophene rings is 1. The van der Waals surface area contributed by atoms with Gasteiger partial charge in [-0.05, 0) is 48.9 Å². The molecule has 0 fully saturated rings. The first kappa shape index (κ1) is 25.5. The number of fused-ring (bicyclic) bond motifs is 2. The molecule has 6 aromatic heterocycles. The third-order valence-corrected chi connectivity index (χ3v) is 8.15. The SMILES string of the molecule is CC(=O)c1ccc(-c2nccc3[nH]c(-c4n[nH]c5cnc(-c6cncc(NC(=O)Cc7ccccc7)c6)cc45)cc23)s1. The summed E-state index contributed by atoms with van der Waals surface area (Å²) >= 11 is 1.43. The van der Waals surface area contributed by atoms with Gasteiger partial charge in [-0.2, -0.15) is 5.10 Å². The fraction of sp³-hybridized carbons (Fsp3) is 0.0625. The van der Waals surface area contributed by atoms with Gasteiger partial charge in [0.1, 0.15) is 5.69 Å². The number of benzene rings is 1. The molecule has 7 aromatic rings. The van der Waals surface area contributed by atoms with E-state index in [1.165, 1.54) is 11.3 Å². The number of amides is 1. The molecular weight excluding hydrogens is 546 g/mol. The fourth-order valence-corrected chi connectivity index (χ4v) is 5.86. The minimum absolute atomic E-state index is 0.0379. The van der Waals surface area contributed by atoms with Crippen LogP contribution < -0.4 is 5.32 Å². The van der Waals surface area contributed by atoms with Crippen molar-refractivity contribution in [2.45, 2.75) is 13.3 Å². The normalized spacial score (nSPS) is 11.3. The van der Waals surface area contributed by atoms with Gasteiger partial charge in [0.05, 0.1) is 56.9 Å². The van der Waals surface area contributed by atoms with Crippen LogP contribution in [-0.4, -0.2) is 41.8 Å². The van der Waals surface area contributed by atoms with Crippen LogP contribution in [0.25, 0.3) is 55.0 Å². The van der Waals surface area contributed by atoms with Gasteiger partial charge in [-0.3, -0.25) is 29.6 Å². The second-order valence-electron chi connectivity index (χ2n) is 9.88. The van der Waals surface area contributed by atoms with Crippen molar-refractivity contribution in [3.63, 3.8) is 0 Å². The van der Waals surface area contributed by atoms with E-state index >= 15 is 0 Å². The third kappa shape index (κ3) is 4.84. The van der Waals surface area contributed by atoms with Gasteiger partial charge in [-0.25, -0.2) is 0 Å². The Labute approximate surface area is 243 Å². The fourth-order valence-electron chi connectivity index (χ4n) is 4.95. The van der Waals surface area contributed by atoms with E-state index in [0.717, 1.165) is 54.9 Å². The summed E-state index contributed by atoms with van der Waals surface area (Å²) in [7, 11) is 0. The van der Waals surface area contributed by atoms with Crippen molar-refractivity contribution in [1.29, 1.82) is 0 Å². The summed E-state index contributed by atoms with van der Waals surface area (Å²) in [5.74, 6) is -0.0793. The molecule has 0 saturated heterocycles. The van der Waals surface area contributed by atoms with Crippen LogP contribution in [0.5, 0.6) is 0 Å². The second kappa shape index (κ2) is 10.5. The number of hydrogen-bond acceptors (Lipinski definition) is 7. The van der Waals surface area contributed by atoms with E-state index in [1.807, 2.05) is 66.7 Å². The number of aromatic nitrogens is 6. The third-order valence-electron chi connectivity index (χ3n) is 6.96. The Hall–Kier alpha value is -5.48. The van der Waals surface area contributed by atoms with Crippen molar-refractivity contribution < 1.29 is 9.59 Å². The smallest absolute Gasteiger partial charge is 0.228 e. The first-order chi connectivity index (χ1) is 20.5. The summed E-state index contributed by atoms with van der Waals surface area (Å²) in [6.45, 7) is 1.57. The number of carbonyl (C=O) groups excluding carboxylic acids is 2. The number of aromatic amines is 2. The van der Waals surface area contributed by atoms with Gasteiger partial charge in [0.15, 0.2) is 5.78 Å². The summed E-state index contributed by atoms with van der Waals surface area (Å²) in [5, 5.41) is 12.4. The highest BCUT2D eigenvalue weighted by molar-refractivity contribution is 7.17. The highest BCUT2D eigenvalue weighted by atomic mass is 32.1. The highest BCUT2D eigenvalue weighted by Crippen LogP contribution is 2.36. The zero-order valence-electron chi connectivity index (χ0n) is 22.4. The number of nitrogens with zero attached hydrogens (tertiary/aromatic N) is 4. The molecule has 1 aromatic carbocycles. The standard InChI is InChI=1S/C32H23N7O2S/c1-18(40)28-7-8-29(42-28)32-22-14-26(37-24(22)9-10-34-32)31-23-13-25(35-17-27(23)38-39-31)20-12-21(16-33-15-20)36-30(41)11-19-5-3-2-4-6-19/h2-10,12-17,37H,11H2,1H3,(H,36,41)(H,38,39). The van der Waals surface area contributed by atoms with Crippen LogP contribution in [0.15, 0.2) is 91.5 Å². The van der Waals surface area contributed by atoms with Crippen molar-refractivity contribution in [1.82, 2.24) is 30.1 Å². The van der Waals surface area contributed by atoms with Crippen LogP contribution in [0.4, 0.5) is 5.69 Å². The molecular formula is C32H23N7O2S. The molecule has 0 aliphatic rings. The van der Waals surface area contributed by atoms with E-state index in [0.29, 0.717) is 16.3 Å². The lowest BCUT2D eigenvalue weighted by Gasteiger charge is -2.07. The molecule has 0 bridgehead atoms. The van der Waals surface area contributed by atoms with Crippen LogP contribution in [0.2, 0.25) is 0 Å². The molecule has 0 spiro atoms. The zero-order valence-corrected chi connectivity index (χ0v) is 23.2. The number of ketones is 1. The van der Waals surface area contributed by atoms with Gasteiger partial charge in [0.25, 0.3) is 0 Å². The lowest BCUT2D eigenvalue weighted by Crippen LogP contribution is -2.14. The Balaban J connectivity index is 1.21. The van der Waals surface area contributed by atoms with Gasteiger partial charge in [0.2, 0.25) is 5.91 Å². The van der Waals surface area contributed by atoms with Crippen molar-refractivity contribution >= 4 is 50.5 Å². The lowest BCUT2D eigenvalue weighted by molar-refractivity contribution is -0.115. The number of carbonyl (C=O) groups is 2. The predicted molar refractivity (Wildman–Crippen MR) is 164 cm³/mol. The number of hydrogen-bond donors (Lipinski definition) is 3. The van der Waals surface area contributed by atoms with Gasteiger partial charge in [-0.1, -0.05) is 30.3 Å². The first-order valence-electron chi connectivity index (χ1n) is 13.2. The van der Waals surface area contributed by atoms with E-state index < -0.39 is 0 Å². The van der Waals surface area contributed by atoms with Crippen molar-refractivity contribution in [3.05, 3.63) is 102 Å². The maximum atomic E-state index is 12.6. The zero-order chi connectivity index (χ0) is 28.6. The minimum atomic E-state index is -0.117. The van der Waals surface area contributed by atoms with E-state index in [1.54, 1.807) is 31.7 Å². The summed E-state index contributed by atoms with van der Waals surface area (Å²) < 4.78 is 0. The average molecular weight is 570 g/mol. The minimum Gasteiger partial charge on any atom is -0.353 e. The molecule has 6 heterocycles. The van der Waals surface area contributed by atoms with Crippen LogP contribution in [-0.2, 0) is 11.2 Å². The molecule has 0 aliphatic heterocycles. The molecule has 0 saturated carbocycles. The molecule has 0 aliphatic carbocycles. The van der Waals surface area contributed by atoms with Gasteiger partial charge >= 0.3 is 0 Å². The van der Waals surface area contributed by atoms with Gasteiger partial charge < -0.3 is 10.3 Å². The van der Waals surface area contributed by atoms with Gasteiger partial charge in [0, 0.05) is 34.2 Å². The number of rotatable bonds is 7. The summed E-state index contributed by atoms with van der Waals surface area (Å²) in [4.78, 5) is 43.1. The molecule has 3 N–H and O–H groups in total. The Bertz CT molecular complexity index is 2110. The molecule has 1 amide bonds. The molecule has 0 atom stereocenters. The van der Waals surface area contributed by atoms with E-state index in [9.17, 15) is 9.59 Å². The number of H-pyrrole nitrogens is 2. The maximum Gasteiger partial charge on any atom is 0.228 e. The lowest BCUT2D eigenvalue weighted by atomic mass is 10.1. The number of pyridine rings is 3. The molecule has 7 rings (SSSR count). The number of Topliss-reactive ketones (excluding diaryl/α,β-unsaturated/α-hetero) is 1. The first-order valence-corrected chi connectivity index (χ1v) is 14.1. The van der Waals surface area contributed by atoms with Crippen LogP contribution >= 0.6 is 11.3 Å². The molecule has 0 radical (unpaired) electrons. The Morgan fingerprint density at radius 2 is 1.74 bits per heavy atom.